The number of aliphatic carboxylic acids is 1. The molecule has 0 fully saturated rings. The van der Waals surface area contributed by atoms with Crippen LogP contribution >= 0.6 is 0 Å². The number of nitrogens with two attached hydrogens (primary N) is 1. The third-order valence-electron chi connectivity index (χ3n) is 4.45. The zero-order valence-corrected chi connectivity index (χ0v) is 20.7. The summed E-state index contributed by atoms with van der Waals surface area (Å²) in [6.45, 7) is 4.93. The number of hydrogen-bond donors (Lipinski definition) is 5. The molecule has 0 saturated heterocycles. The van der Waals surface area contributed by atoms with Crippen LogP contribution in [0.2, 0.25) is 0 Å². The van der Waals surface area contributed by atoms with E-state index < -0.39 is 12.0 Å². The number of rotatable bonds is 24. The molecule has 0 aliphatic carbocycles. The van der Waals surface area contributed by atoms with E-state index in [1.54, 1.807) is 0 Å². The molecule has 0 radical (unpaired) electrons. The van der Waals surface area contributed by atoms with Gasteiger partial charge in [0, 0.05) is 26.1 Å². The monoisotopic (exact) mass is 506 g/mol. The van der Waals surface area contributed by atoms with E-state index in [-0.39, 0.29) is 70.1 Å². The van der Waals surface area contributed by atoms with Crippen LogP contribution in [0.15, 0.2) is 0 Å². The first-order chi connectivity index (χ1) is 16.9. The zero-order chi connectivity index (χ0) is 26.2. The second kappa shape index (κ2) is 23.4. The molecule has 0 aromatic heterocycles. The molecule has 3 amide bonds. The number of carboxylic acids is 1. The molecule has 0 aromatic carbocycles. The van der Waals surface area contributed by atoms with Gasteiger partial charge in [-0.3, -0.25) is 19.2 Å². The zero-order valence-electron chi connectivity index (χ0n) is 20.7. The predicted molar refractivity (Wildman–Crippen MR) is 127 cm³/mol. The van der Waals surface area contributed by atoms with Crippen molar-refractivity contribution >= 4 is 23.7 Å². The van der Waals surface area contributed by atoms with E-state index in [0.717, 1.165) is 19.3 Å². The largest absolute Gasteiger partial charge is 0.480 e. The Morgan fingerprint density at radius 3 is 1.71 bits per heavy atom. The number of hydrogen-bond acceptors (Lipinski definition) is 9. The first-order valence-corrected chi connectivity index (χ1v) is 12.0. The Labute approximate surface area is 206 Å². The van der Waals surface area contributed by atoms with Gasteiger partial charge in [0.25, 0.3) is 0 Å². The number of nitrogens with one attached hydrogen (secondary N) is 3. The molecule has 0 saturated carbocycles. The molecule has 0 heterocycles. The summed E-state index contributed by atoms with van der Waals surface area (Å²) in [6.07, 6.45) is 3.26. The maximum absolute atomic E-state index is 11.6. The fourth-order valence-corrected chi connectivity index (χ4v) is 2.50. The van der Waals surface area contributed by atoms with Crippen LogP contribution in [0.1, 0.15) is 39.0 Å². The molecule has 6 N–H and O–H groups in total. The number of amides is 3. The van der Waals surface area contributed by atoms with Crippen LogP contribution in [-0.2, 0) is 38.1 Å². The molecule has 0 aliphatic rings. The Balaban J connectivity index is 3.37. The van der Waals surface area contributed by atoms with Gasteiger partial charge in [-0.2, -0.15) is 0 Å². The highest BCUT2D eigenvalue weighted by atomic mass is 16.5. The standard InChI is InChI=1S/C22H42N4O9/c1-2-3-4-7-24-20(28)16-34-14-13-33-11-9-26-21(29)17-35-15-12-32-10-8-25-19(27)6-5-18(23)22(30)31/h18H,2-17,23H2,1H3,(H,24,28)(H,25,27)(H,26,29)(H,30,31)/t18-/m0/s1. The predicted octanol–water partition coefficient (Wildman–Crippen LogP) is -1.22. The van der Waals surface area contributed by atoms with Crippen molar-refractivity contribution in [2.75, 3.05) is 72.5 Å². The third kappa shape index (κ3) is 23.2. The highest BCUT2D eigenvalue weighted by Crippen LogP contribution is 1.94. The summed E-state index contributed by atoms with van der Waals surface area (Å²) < 4.78 is 21.0. The van der Waals surface area contributed by atoms with E-state index in [1.165, 1.54) is 0 Å². The summed E-state index contributed by atoms with van der Waals surface area (Å²) in [7, 11) is 0. The molecule has 13 heteroatoms. The van der Waals surface area contributed by atoms with Gasteiger partial charge in [-0.1, -0.05) is 19.8 Å². The minimum atomic E-state index is -1.14. The lowest BCUT2D eigenvalue weighted by molar-refractivity contribution is -0.138. The van der Waals surface area contributed by atoms with E-state index >= 15 is 0 Å². The molecule has 0 aliphatic heterocycles. The smallest absolute Gasteiger partial charge is 0.320 e. The second-order valence-electron chi connectivity index (χ2n) is 7.57. The lowest BCUT2D eigenvalue weighted by Gasteiger charge is -2.09. The van der Waals surface area contributed by atoms with Crippen molar-refractivity contribution in [3.63, 3.8) is 0 Å². The molecule has 13 nitrogen and oxygen atoms in total. The number of unbranched alkanes of at least 4 members (excludes halogenated alkanes) is 2. The SMILES string of the molecule is CCCCCNC(=O)COCCOCCNC(=O)COCCOCCNC(=O)CC[C@H](N)C(=O)O. The quantitative estimate of drug-likeness (QED) is 0.0993. The molecule has 35 heavy (non-hydrogen) atoms. The normalized spacial score (nSPS) is 11.6. The molecule has 0 spiro atoms. The lowest BCUT2D eigenvalue weighted by atomic mass is 10.1. The average Bonchev–Trinajstić information content (AvgIpc) is 2.83. The van der Waals surface area contributed by atoms with Gasteiger partial charge in [0.15, 0.2) is 0 Å². The molecule has 1 atom stereocenters. The van der Waals surface area contributed by atoms with Crippen molar-refractivity contribution in [1.82, 2.24) is 16.0 Å². The van der Waals surface area contributed by atoms with Crippen LogP contribution in [0.4, 0.5) is 0 Å². The van der Waals surface area contributed by atoms with Crippen LogP contribution in [0.3, 0.4) is 0 Å². The fraction of sp³-hybridized carbons (Fsp3) is 0.818. The Bertz CT molecular complexity index is 593. The molecular formula is C22H42N4O9. The molecule has 0 rings (SSSR count). The summed E-state index contributed by atoms with van der Waals surface area (Å²) >= 11 is 0. The van der Waals surface area contributed by atoms with Gasteiger partial charge in [-0.15, -0.1) is 0 Å². The third-order valence-corrected chi connectivity index (χ3v) is 4.45. The van der Waals surface area contributed by atoms with E-state index in [1.807, 2.05) is 0 Å². The van der Waals surface area contributed by atoms with Gasteiger partial charge < -0.3 is 45.7 Å². The fourth-order valence-electron chi connectivity index (χ4n) is 2.50. The van der Waals surface area contributed by atoms with Crippen LogP contribution in [-0.4, -0.2) is 107 Å². The van der Waals surface area contributed by atoms with Gasteiger partial charge >= 0.3 is 5.97 Å². The molecular weight excluding hydrogens is 464 g/mol. The average molecular weight is 507 g/mol. The number of carboxylic acid groups (broad SMARTS) is 1. The number of carbonyl (C=O) groups is 4. The van der Waals surface area contributed by atoms with E-state index in [0.29, 0.717) is 32.9 Å². The maximum Gasteiger partial charge on any atom is 0.320 e. The number of carbonyl (C=O) groups excluding carboxylic acids is 3. The van der Waals surface area contributed by atoms with Gasteiger partial charge in [-0.05, 0) is 12.8 Å². The Morgan fingerprint density at radius 1 is 0.714 bits per heavy atom. The summed E-state index contributed by atoms with van der Waals surface area (Å²) in [6, 6.07) is -1.05. The summed E-state index contributed by atoms with van der Waals surface area (Å²) in [5, 5.41) is 16.7. The second-order valence-corrected chi connectivity index (χ2v) is 7.57. The highest BCUT2D eigenvalue weighted by Gasteiger charge is 2.13. The lowest BCUT2D eigenvalue weighted by Crippen LogP contribution is -2.33. The van der Waals surface area contributed by atoms with Gasteiger partial charge in [0.05, 0.1) is 39.6 Å². The van der Waals surface area contributed by atoms with E-state index in [2.05, 4.69) is 22.9 Å². The molecule has 204 valence electrons. The van der Waals surface area contributed by atoms with Crippen molar-refractivity contribution in [2.45, 2.75) is 45.1 Å². The minimum absolute atomic E-state index is 0.00564. The van der Waals surface area contributed by atoms with Crippen molar-refractivity contribution in [3.05, 3.63) is 0 Å². The maximum atomic E-state index is 11.6. The molecule has 0 aromatic rings. The van der Waals surface area contributed by atoms with E-state index in [4.69, 9.17) is 29.8 Å². The first kappa shape index (κ1) is 32.7. The van der Waals surface area contributed by atoms with Crippen LogP contribution < -0.4 is 21.7 Å². The Hall–Kier alpha value is -2.32. The van der Waals surface area contributed by atoms with Gasteiger partial charge in [0.2, 0.25) is 17.7 Å². The molecule has 0 bridgehead atoms. The highest BCUT2D eigenvalue weighted by molar-refractivity contribution is 5.78. The van der Waals surface area contributed by atoms with Gasteiger partial charge in [-0.25, -0.2) is 0 Å². The number of ether oxygens (including phenoxy) is 4. The Kier molecular flexibility index (Phi) is 21.9. The Morgan fingerprint density at radius 2 is 1.20 bits per heavy atom. The van der Waals surface area contributed by atoms with Crippen molar-refractivity contribution in [2.24, 2.45) is 5.73 Å². The topological polar surface area (TPSA) is 188 Å². The van der Waals surface area contributed by atoms with Crippen molar-refractivity contribution < 1.29 is 43.2 Å². The van der Waals surface area contributed by atoms with Crippen LogP contribution in [0, 0.1) is 0 Å². The van der Waals surface area contributed by atoms with Crippen LogP contribution in [0.5, 0.6) is 0 Å². The first-order valence-electron chi connectivity index (χ1n) is 12.0. The molecule has 0 unspecified atom stereocenters. The van der Waals surface area contributed by atoms with Crippen LogP contribution in [0.25, 0.3) is 0 Å². The summed E-state index contributed by atoms with van der Waals surface area (Å²) in [5.41, 5.74) is 5.32. The van der Waals surface area contributed by atoms with Gasteiger partial charge in [0.1, 0.15) is 19.3 Å². The van der Waals surface area contributed by atoms with Crippen molar-refractivity contribution in [1.29, 1.82) is 0 Å². The minimum Gasteiger partial charge on any atom is -0.480 e. The summed E-state index contributed by atoms with van der Waals surface area (Å²) in [4.78, 5) is 45.2. The van der Waals surface area contributed by atoms with E-state index in [9.17, 15) is 19.2 Å². The van der Waals surface area contributed by atoms with Crippen molar-refractivity contribution in [3.8, 4) is 0 Å². The summed E-state index contributed by atoms with van der Waals surface area (Å²) in [5.74, 6) is -1.85.